The molecule has 2 heterocycles. The molecular formula is C14H18FN3O2. The Morgan fingerprint density at radius 2 is 2.20 bits per heavy atom. The lowest BCUT2D eigenvalue weighted by Gasteiger charge is -2.42. The van der Waals surface area contributed by atoms with Gasteiger partial charge in [-0.1, -0.05) is 0 Å². The second-order valence-electron chi connectivity index (χ2n) is 5.93. The molecule has 2 fully saturated rings. The second-order valence-corrected chi connectivity index (χ2v) is 5.93. The molecular weight excluding hydrogens is 261 g/mol. The Morgan fingerprint density at radius 3 is 2.75 bits per heavy atom. The predicted octanol–water partition coefficient (Wildman–Crippen LogP) is 1.68. The summed E-state index contributed by atoms with van der Waals surface area (Å²) in [4.78, 5) is 22.4. The minimum absolute atomic E-state index is 0.294. The molecule has 0 unspecified atom stereocenters. The smallest absolute Gasteiger partial charge is 0.356 e. The van der Waals surface area contributed by atoms with Gasteiger partial charge in [0.15, 0.2) is 5.69 Å². The van der Waals surface area contributed by atoms with E-state index < -0.39 is 11.6 Å². The van der Waals surface area contributed by atoms with E-state index in [-0.39, 0.29) is 0 Å². The summed E-state index contributed by atoms with van der Waals surface area (Å²) in [6, 6.07) is 1.64. The lowest BCUT2D eigenvalue weighted by atomic mass is 9.99. The van der Waals surface area contributed by atoms with Crippen LogP contribution in [0.5, 0.6) is 0 Å². The standard InChI is InChI=1S/C14H18FN3O2/c1-14(15)7-18(8-14)6-10-5-11(13(19)20-2)17-12(16-10)9-3-4-9/h5,9H,3-4,6-8H2,1-2H3. The maximum atomic E-state index is 13.5. The van der Waals surface area contributed by atoms with E-state index in [4.69, 9.17) is 4.74 Å². The summed E-state index contributed by atoms with van der Waals surface area (Å²) in [6.45, 7) is 2.96. The van der Waals surface area contributed by atoms with Gasteiger partial charge in [-0.2, -0.15) is 0 Å². The normalized spacial score (nSPS) is 21.4. The van der Waals surface area contributed by atoms with Gasteiger partial charge in [-0.3, -0.25) is 4.90 Å². The fraction of sp³-hybridized carbons (Fsp3) is 0.643. The Labute approximate surface area is 117 Å². The Morgan fingerprint density at radius 1 is 1.50 bits per heavy atom. The highest BCUT2D eigenvalue weighted by atomic mass is 19.1. The summed E-state index contributed by atoms with van der Waals surface area (Å²) in [6.07, 6.45) is 2.13. The van der Waals surface area contributed by atoms with Crippen molar-refractivity contribution < 1.29 is 13.9 Å². The molecule has 1 aromatic heterocycles. The van der Waals surface area contributed by atoms with Crippen LogP contribution in [0.15, 0.2) is 6.07 Å². The van der Waals surface area contributed by atoms with E-state index in [1.807, 2.05) is 4.90 Å². The van der Waals surface area contributed by atoms with Gasteiger partial charge in [-0.15, -0.1) is 0 Å². The number of aromatic nitrogens is 2. The van der Waals surface area contributed by atoms with E-state index in [0.717, 1.165) is 18.5 Å². The highest BCUT2D eigenvalue weighted by molar-refractivity contribution is 5.87. The number of hydrogen-bond acceptors (Lipinski definition) is 5. The number of esters is 1. The molecule has 20 heavy (non-hydrogen) atoms. The summed E-state index contributed by atoms with van der Waals surface area (Å²) >= 11 is 0. The van der Waals surface area contributed by atoms with Crippen LogP contribution < -0.4 is 0 Å². The highest BCUT2D eigenvalue weighted by Crippen LogP contribution is 2.38. The molecule has 2 aliphatic rings. The fourth-order valence-electron chi connectivity index (χ4n) is 2.56. The minimum Gasteiger partial charge on any atom is -0.464 e. The van der Waals surface area contributed by atoms with E-state index in [1.54, 1.807) is 13.0 Å². The van der Waals surface area contributed by atoms with Gasteiger partial charge in [0, 0.05) is 25.6 Å². The lowest BCUT2D eigenvalue weighted by Crippen LogP contribution is -2.56. The summed E-state index contributed by atoms with van der Waals surface area (Å²) in [7, 11) is 1.34. The third-order valence-corrected chi connectivity index (χ3v) is 3.63. The predicted molar refractivity (Wildman–Crippen MR) is 70.1 cm³/mol. The van der Waals surface area contributed by atoms with Crippen LogP contribution in [0.4, 0.5) is 4.39 Å². The summed E-state index contributed by atoms with van der Waals surface area (Å²) < 4.78 is 18.2. The van der Waals surface area contributed by atoms with Crippen molar-refractivity contribution in [2.75, 3.05) is 20.2 Å². The molecule has 0 atom stereocenters. The number of ether oxygens (including phenoxy) is 1. The first-order valence-corrected chi connectivity index (χ1v) is 6.84. The average Bonchev–Trinajstić information content (AvgIpc) is 3.19. The van der Waals surface area contributed by atoms with Crippen molar-refractivity contribution in [1.82, 2.24) is 14.9 Å². The van der Waals surface area contributed by atoms with Crippen molar-refractivity contribution >= 4 is 5.97 Å². The molecule has 6 heteroatoms. The van der Waals surface area contributed by atoms with Gasteiger partial charge in [-0.05, 0) is 25.8 Å². The van der Waals surface area contributed by atoms with E-state index in [0.29, 0.717) is 37.1 Å². The van der Waals surface area contributed by atoms with Gasteiger partial charge in [0.1, 0.15) is 11.5 Å². The molecule has 108 valence electrons. The average molecular weight is 279 g/mol. The second kappa shape index (κ2) is 4.77. The third kappa shape index (κ3) is 2.80. The van der Waals surface area contributed by atoms with Crippen LogP contribution in [0.2, 0.25) is 0 Å². The Hall–Kier alpha value is -1.56. The number of alkyl halides is 1. The molecule has 0 bridgehead atoms. The molecule has 1 aliphatic carbocycles. The molecule has 0 aromatic carbocycles. The van der Waals surface area contributed by atoms with Gasteiger partial charge in [0.25, 0.3) is 0 Å². The molecule has 1 aromatic rings. The van der Waals surface area contributed by atoms with Crippen molar-refractivity contribution in [1.29, 1.82) is 0 Å². The molecule has 1 saturated carbocycles. The quantitative estimate of drug-likeness (QED) is 0.785. The topological polar surface area (TPSA) is 55.3 Å². The molecule has 0 spiro atoms. The van der Waals surface area contributed by atoms with Crippen LogP contribution in [-0.4, -0.2) is 46.7 Å². The largest absolute Gasteiger partial charge is 0.464 e. The highest BCUT2D eigenvalue weighted by Gasteiger charge is 2.39. The number of likely N-dealkylation sites (tertiary alicyclic amines) is 1. The van der Waals surface area contributed by atoms with E-state index in [2.05, 4.69) is 9.97 Å². The SMILES string of the molecule is COC(=O)c1cc(CN2CC(C)(F)C2)nc(C2CC2)n1. The third-order valence-electron chi connectivity index (χ3n) is 3.63. The molecule has 1 aliphatic heterocycles. The van der Waals surface area contributed by atoms with Crippen LogP contribution in [0, 0.1) is 0 Å². The number of nitrogens with zero attached hydrogens (tertiary/aromatic N) is 3. The van der Waals surface area contributed by atoms with Gasteiger partial charge in [0.2, 0.25) is 0 Å². The Kier molecular flexibility index (Phi) is 3.20. The lowest BCUT2D eigenvalue weighted by molar-refractivity contribution is -0.0233. The van der Waals surface area contributed by atoms with Gasteiger partial charge >= 0.3 is 5.97 Å². The zero-order valence-corrected chi connectivity index (χ0v) is 11.7. The minimum atomic E-state index is -1.10. The first kappa shape index (κ1) is 13.4. The number of carbonyl (C=O) groups is 1. The monoisotopic (exact) mass is 279 g/mol. The van der Waals surface area contributed by atoms with Gasteiger partial charge < -0.3 is 4.74 Å². The van der Waals surface area contributed by atoms with Crippen molar-refractivity contribution in [3.05, 3.63) is 23.3 Å². The molecule has 3 rings (SSSR count). The zero-order chi connectivity index (χ0) is 14.3. The first-order valence-electron chi connectivity index (χ1n) is 6.84. The van der Waals surface area contributed by atoms with Crippen molar-refractivity contribution in [3.63, 3.8) is 0 Å². The van der Waals surface area contributed by atoms with Crippen molar-refractivity contribution in [2.24, 2.45) is 0 Å². The van der Waals surface area contributed by atoms with Crippen LogP contribution >= 0.6 is 0 Å². The van der Waals surface area contributed by atoms with Crippen LogP contribution in [0.3, 0.4) is 0 Å². The van der Waals surface area contributed by atoms with E-state index in [9.17, 15) is 9.18 Å². The van der Waals surface area contributed by atoms with Crippen molar-refractivity contribution in [3.8, 4) is 0 Å². The molecule has 1 saturated heterocycles. The molecule has 5 nitrogen and oxygen atoms in total. The van der Waals surface area contributed by atoms with E-state index in [1.165, 1.54) is 7.11 Å². The number of hydrogen-bond donors (Lipinski definition) is 0. The van der Waals surface area contributed by atoms with Gasteiger partial charge in [-0.25, -0.2) is 19.2 Å². The van der Waals surface area contributed by atoms with Gasteiger partial charge in [0.05, 0.1) is 12.8 Å². The number of halogens is 1. The molecule has 0 N–H and O–H groups in total. The summed E-state index contributed by atoms with van der Waals surface area (Å²) in [5, 5.41) is 0. The maximum absolute atomic E-state index is 13.5. The van der Waals surface area contributed by atoms with Crippen molar-refractivity contribution in [2.45, 2.75) is 37.9 Å². The Balaban J connectivity index is 1.78. The Bertz CT molecular complexity index is 535. The zero-order valence-electron chi connectivity index (χ0n) is 11.7. The van der Waals surface area contributed by atoms with E-state index >= 15 is 0 Å². The number of rotatable bonds is 4. The summed E-state index contributed by atoms with van der Waals surface area (Å²) in [5.74, 6) is 0.627. The van der Waals surface area contributed by atoms with Crippen LogP contribution in [0.25, 0.3) is 0 Å². The molecule has 0 amide bonds. The van der Waals surface area contributed by atoms with Crippen LogP contribution in [-0.2, 0) is 11.3 Å². The first-order chi connectivity index (χ1) is 9.47. The fourth-order valence-corrected chi connectivity index (χ4v) is 2.56. The number of carbonyl (C=O) groups excluding carboxylic acids is 1. The summed E-state index contributed by atoms with van der Waals surface area (Å²) in [5.41, 5.74) is -0.0434. The van der Waals surface area contributed by atoms with Crippen LogP contribution in [0.1, 0.15) is 47.7 Å². The maximum Gasteiger partial charge on any atom is 0.356 e. The molecule has 0 radical (unpaired) electrons. The number of methoxy groups -OCH3 is 1.